The number of ether oxygens (including phenoxy) is 1. The van der Waals surface area contributed by atoms with Crippen LogP contribution in [0.5, 0.6) is 0 Å². The number of sulfonamides is 1. The minimum atomic E-state index is -4.72. The molecule has 2 atom stereocenters. The summed E-state index contributed by atoms with van der Waals surface area (Å²) in [5.74, 6) is -1.41. The third-order valence-corrected chi connectivity index (χ3v) is 5.91. The van der Waals surface area contributed by atoms with Crippen LogP contribution in [0.2, 0.25) is 0 Å². The molecule has 1 saturated heterocycles. The van der Waals surface area contributed by atoms with Crippen molar-refractivity contribution in [1.29, 1.82) is 0 Å². The third-order valence-electron chi connectivity index (χ3n) is 4.10. The van der Waals surface area contributed by atoms with Crippen molar-refractivity contribution in [3.8, 4) is 0 Å². The average molecular weight is 420 g/mol. The first kappa shape index (κ1) is 22.4. The molecule has 0 bridgehead atoms. The van der Waals surface area contributed by atoms with Crippen molar-refractivity contribution in [2.75, 3.05) is 25.4 Å². The van der Waals surface area contributed by atoms with E-state index in [2.05, 4.69) is 5.32 Å². The fourth-order valence-electron chi connectivity index (χ4n) is 2.92. The summed E-state index contributed by atoms with van der Waals surface area (Å²) in [7, 11) is -3.66. The quantitative estimate of drug-likeness (QED) is 0.716. The lowest BCUT2D eigenvalue weighted by Crippen LogP contribution is -2.49. The van der Waals surface area contributed by atoms with E-state index in [-0.39, 0.29) is 37.4 Å². The number of nitrogens with one attached hydrogen (secondary N) is 1. The first-order valence-corrected chi connectivity index (χ1v) is 10.4. The number of morpholine rings is 1. The van der Waals surface area contributed by atoms with E-state index in [1.54, 1.807) is 19.9 Å². The summed E-state index contributed by atoms with van der Waals surface area (Å²) in [6, 6.07) is 6.93. The van der Waals surface area contributed by atoms with Crippen LogP contribution in [-0.4, -0.2) is 62.4 Å². The Morgan fingerprint density at radius 1 is 1.21 bits per heavy atom. The highest BCUT2D eigenvalue weighted by molar-refractivity contribution is 7.89. The van der Waals surface area contributed by atoms with Gasteiger partial charge in [0.15, 0.2) is 0 Å². The second-order valence-electron chi connectivity index (χ2n) is 6.60. The molecule has 0 aliphatic carbocycles. The molecule has 2 rings (SSSR count). The van der Waals surface area contributed by atoms with Crippen LogP contribution >= 0.6 is 0 Å². The lowest BCUT2D eigenvalue weighted by molar-refractivity contribution is -0.116. The first-order chi connectivity index (χ1) is 13.0. The van der Waals surface area contributed by atoms with Gasteiger partial charge < -0.3 is 10.1 Å². The van der Waals surface area contributed by atoms with E-state index in [0.29, 0.717) is 6.08 Å². The van der Waals surface area contributed by atoms with Crippen molar-refractivity contribution >= 4 is 21.5 Å². The maximum absolute atomic E-state index is 13.2. The molecule has 1 aliphatic rings. The van der Waals surface area contributed by atoms with Crippen molar-refractivity contribution in [3.63, 3.8) is 0 Å². The summed E-state index contributed by atoms with van der Waals surface area (Å²) in [5, 5.41) is 2.22. The number of hydrogen-bond donors (Lipinski definition) is 1. The lowest BCUT2D eigenvalue weighted by atomic mass is 10.1. The predicted molar refractivity (Wildman–Crippen MR) is 98.9 cm³/mol. The number of carbonyl (C=O) groups is 1. The first-order valence-electron chi connectivity index (χ1n) is 8.74. The zero-order chi connectivity index (χ0) is 20.9. The monoisotopic (exact) mass is 420 g/mol. The zero-order valence-corrected chi connectivity index (χ0v) is 16.4. The molecule has 28 heavy (non-hydrogen) atoms. The SMILES string of the molecule is CC1CN(S(=O)(=O)CCNC(=O)/C=C(/c2ccccc2)C(F)(F)F)CC(C)O1. The minimum absolute atomic E-state index is 0.144. The molecular weight excluding hydrogens is 397 g/mol. The van der Waals surface area contributed by atoms with Crippen molar-refractivity contribution in [2.45, 2.75) is 32.2 Å². The number of hydrogen-bond acceptors (Lipinski definition) is 4. The van der Waals surface area contributed by atoms with Crippen LogP contribution in [0.15, 0.2) is 36.4 Å². The van der Waals surface area contributed by atoms with E-state index < -0.39 is 33.4 Å². The Hall–Kier alpha value is -1.91. The Bertz CT molecular complexity index is 800. The zero-order valence-electron chi connectivity index (χ0n) is 15.6. The molecule has 1 heterocycles. The Balaban J connectivity index is 2.00. The molecule has 0 spiro atoms. The Morgan fingerprint density at radius 3 is 2.32 bits per heavy atom. The fourth-order valence-corrected chi connectivity index (χ4v) is 4.41. The molecule has 10 heteroatoms. The topological polar surface area (TPSA) is 75.7 Å². The van der Waals surface area contributed by atoms with E-state index >= 15 is 0 Å². The number of allylic oxidation sites excluding steroid dienone is 1. The van der Waals surface area contributed by atoms with Gasteiger partial charge in [-0.15, -0.1) is 0 Å². The normalized spacial score (nSPS) is 22.1. The van der Waals surface area contributed by atoms with E-state index in [9.17, 15) is 26.4 Å². The molecule has 0 saturated carbocycles. The summed E-state index contributed by atoms with van der Waals surface area (Å²) in [5.41, 5.74) is -1.24. The van der Waals surface area contributed by atoms with Crippen molar-refractivity contribution < 1.29 is 31.1 Å². The average Bonchev–Trinajstić information content (AvgIpc) is 2.58. The van der Waals surface area contributed by atoms with E-state index in [4.69, 9.17) is 4.74 Å². The van der Waals surface area contributed by atoms with Gasteiger partial charge in [0.25, 0.3) is 0 Å². The predicted octanol–water partition coefficient (Wildman–Crippen LogP) is 2.19. The Labute approximate surface area is 162 Å². The molecule has 1 fully saturated rings. The van der Waals surface area contributed by atoms with Gasteiger partial charge in [0, 0.05) is 25.7 Å². The van der Waals surface area contributed by atoms with Crippen LogP contribution in [-0.2, 0) is 19.6 Å². The summed E-state index contributed by atoms with van der Waals surface area (Å²) >= 11 is 0. The highest BCUT2D eigenvalue weighted by Gasteiger charge is 2.35. The molecule has 6 nitrogen and oxygen atoms in total. The molecule has 0 aromatic heterocycles. The molecule has 1 aromatic rings. The largest absolute Gasteiger partial charge is 0.417 e. The molecule has 0 radical (unpaired) electrons. The van der Waals surface area contributed by atoms with Crippen LogP contribution in [0.4, 0.5) is 13.2 Å². The number of benzene rings is 1. The summed E-state index contributed by atoms with van der Waals surface area (Å²) in [6.45, 7) is 3.62. The number of nitrogens with zero attached hydrogens (tertiary/aromatic N) is 1. The maximum atomic E-state index is 13.2. The summed E-state index contributed by atoms with van der Waals surface area (Å²) < 4.78 is 71.2. The number of carbonyl (C=O) groups excluding carboxylic acids is 1. The van der Waals surface area contributed by atoms with Gasteiger partial charge in [-0.2, -0.15) is 17.5 Å². The van der Waals surface area contributed by atoms with Gasteiger partial charge in [-0.05, 0) is 19.4 Å². The van der Waals surface area contributed by atoms with E-state index in [1.807, 2.05) is 0 Å². The van der Waals surface area contributed by atoms with Gasteiger partial charge in [0.1, 0.15) is 0 Å². The second-order valence-corrected chi connectivity index (χ2v) is 8.69. The molecule has 1 N–H and O–H groups in total. The number of halogens is 3. The van der Waals surface area contributed by atoms with Crippen molar-refractivity contribution in [1.82, 2.24) is 9.62 Å². The Morgan fingerprint density at radius 2 is 1.79 bits per heavy atom. The second kappa shape index (κ2) is 9.06. The Kier molecular flexibility index (Phi) is 7.24. The highest BCUT2D eigenvalue weighted by atomic mass is 32.2. The van der Waals surface area contributed by atoms with Crippen LogP contribution in [0.25, 0.3) is 5.57 Å². The van der Waals surface area contributed by atoms with Crippen molar-refractivity contribution in [2.24, 2.45) is 0 Å². The van der Waals surface area contributed by atoms with Gasteiger partial charge in [0.2, 0.25) is 15.9 Å². The van der Waals surface area contributed by atoms with Gasteiger partial charge in [-0.3, -0.25) is 4.79 Å². The van der Waals surface area contributed by atoms with E-state index in [0.717, 1.165) is 0 Å². The molecule has 1 aromatic carbocycles. The third kappa shape index (κ3) is 6.32. The summed E-state index contributed by atoms with van der Waals surface area (Å²) in [6.07, 6.45) is -4.78. The van der Waals surface area contributed by atoms with Crippen LogP contribution < -0.4 is 5.32 Å². The number of amides is 1. The maximum Gasteiger partial charge on any atom is 0.417 e. The standard InChI is InChI=1S/C18H23F3N2O4S/c1-13-11-23(12-14(2)27-13)28(25,26)9-8-22-17(24)10-16(18(19,20)21)15-6-4-3-5-7-15/h3-7,10,13-14H,8-9,11-12H2,1-2H3,(H,22,24)/b16-10-. The number of alkyl halides is 3. The molecule has 1 amide bonds. The van der Waals surface area contributed by atoms with Crippen LogP contribution in [0.1, 0.15) is 19.4 Å². The van der Waals surface area contributed by atoms with Gasteiger partial charge in [-0.1, -0.05) is 30.3 Å². The molecule has 1 aliphatic heterocycles. The van der Waals surface area contributed by atoms with Crippen LogP contribution in [0, 0.1) is 0 Å². The molecule has 156 valence electrons. The smallest absolute Gasteiger partial charge is 0.373 e. The fraction of sp³-hybridized carbons (Fsp3) is 0.500. The van der Waals surface area contributed by atoms with Crippen LogP contribution in [0.3, 0.4) is 0 Å². The summed E-state index contributed by atoms with van der Waals surface area (Å²) in [4.78, 5) is 11.9. The minimum Gasteiger partial charge on any atom is -0.373 e. The molecule has 2 unspecified atom stereocenters. The highest BCUT2D eigenvalue weighted by Crippen LogP contribution is 2.33. The van der Waals surface area contributed by atoms with E-state index in [1.165, 1.54) is 28.6 Å². The molecular formula is C18H23F3N2O4S. The lowest BCUT2D eigenvalue weighted by Gasteiger charge is -2.34. The van der Waals surface area contributed by atoms with Crippen molar-refractivity contribution in [3.05, 3.63) is 42.0 Å². The number of rotatable bonds is 6. The van der Waals surface area contributed by atoms with Gasteiger partial charge in [0.05, 0.1) is 23.5 Å². The van der Waals surface area contributed by atoms with Gasteiger partial charge >= 0.3 is 6.18 Å². The van der Waals surface area contributed by atoms with Gasteiger partial charge in [-0.25, -0.2) is 8.42 Å².